The molecule has 0 saturated carbocycles. The van der Waals surface area contributed by atoms with E-state index in [1.807, 2.05) is 0 Å². The Morgan fingerprint density at radius 3 is 0.811 bits per heavy atom. The topological polar surface area (TPSA) is 24.9 Å². The molecule has 0 saturated heterocycles. The molecule has 9 heteroatoms. The van der Waals surface area contributed by atoms with Gasteiger partial charge in [0.1, 0.15) is 0 Å². The SMILES string of the molecule is CC(C)(C)O[Si](C)(C)[N](C(C)(C)C)[Zr]([CH2][Si](C)(C)C)([CH2][Si](C)(C)C)[N](C(C)(C)C)[Si](C)(C)OC(C)(C)C. The Morgan fingerprint density at radius 1 is 0.459 bits per heavy atom. The zero-order valence-electron chi connectivity index (χ0n) is 29.6. The third kappa shape index (κ3) is 12.6. The average molecular weight is 670 g/mol. The zero-order chi connectivity index (χ0) is 30.5. The molecule has 0 spiro atoms. The summed E-state index contributed by atoms with van der Waals surface area (Å²) in [5.74, 6) is 0. The van der Waals surface area contributed by atoms with Crippen molar-refractivity contribution in [2.75, 3.05) is 0 Å². The van der Waals surface area contributed by atoms with E-state index < -0.39 is 54.0 Å². The summed E-state index contributed by atoms with van der Waals surface area (Å²) in [6.07, 6.45) is 0. The summed E-state index contributed by atoms with van der Waals surface area (Å²) in [7, 11) is -7.61. The van der Waals surface area contributed by atoms with Crippen molar-refractivity contribution in [1.29, 1.82) is 0 Å². The summed E-state index contributed by atoms with van der Waals surface area (Å²) in [6, 6.07) is 0. The second-order valence-electron chi connectivity index (χ2n) is 18.8. The second kappa shape index (κ2) is 11.7. The first-order valence-electron chi connectivity index (χ1n) is 14.6. The molecule has 0 aromatic heterocycles. The van der Waals surface area contributed by atoms with E-state index in [0.717, 1.165) is 0 Å². The molecule has 0 aliphatic rings. The fourth-order valence-electron chi connectivity index (χ4n) is 7.63. The molecule has 37 heavy (non-hydrogen) atoms. The molecule has 0 N–H and O–H groups in total. The fraction of sp³-hybridized carbons (Fsp3) is 1.00. The van der Waals surface area contributed by atoms with E-state index in [-0.39, 0.29) is 22.3 Å². The van der Waals surface area contributed by atoms with Crippen molar-refractivity contribution >= 4 is 33.1 Å². The van der Waals surface area contributed by atoms with Crippen LogP contribution in [0.5, 0.6) is 0 Å². The number of rotatable bonds is 10. The van der Waals surface area contributed by atoms with Crippen LogP contribution in [-0.4, -0.2) is 60.4 Å². The van der Waals surface area contributed by atoms with E-state index in [0.29, 0.717) is 0 Å². The summed E-state index contributed by atoms with van der Waals surface area (Å²) in [6.45, 7) is 54.1. The van der Waals surface area contributed by atoms with Crippen LogP contribution in [0.1, 0.15) is 83.1 Å². The van der Waals surface area contributed by atoms with Gasteiger partial charge in [0.2, 0.25) is 0 Å². The first-order chi connectivity index (χ1) is 15.6. The van der Waals surface area contributed by atoms with Gasteiger partial charge >= 0.3 is 246 Å². The van der Waals surface area contributed by atoms with Gasteiger partial charge in [0.15, 0.2) is 0 Å². The molecule has 0 atom stereocenters. The van der Waals surface area contributed by atoms with Crippen molar-refractivity contribution < 1.29 is 29.7 Å². The molecule has 0 amide bonds. The predicted molar refractivity (Wildman–Crippen MR) is 176 cm³/mol. The minimum absolute atomic E-state index is 0.0199. The summed E-state index contributed by atoms with van der Waals surface area (Å²) in [5.41, 5.74) is -0.300. The van der Waals surface area contributed by atoms with Crippen LogP contribution in [0.25, 0.3) is 0 Å². The van der Waals surface area contributed by atoms with Crippen molar-refractivity contribution in [3.8, 4) is 0 Å². The maximum atomic E-state index is 7.22. The molecule has 0 unspecified atom stereocenters. The van der Waals surface area contributed by atoms with Gasteiger partial charge in [-0.3, -0.25) is 0 Å². The van der Waals surface area contributed by atoms with Crippen LogP contribution in [0, 0.1) is 0 Å². The van der Waals surface area contributed by atoms with Crippen molar-refractivity contribution in [3.05, 3.63) is 0 Å². The molecule has 0 bridgehead atoms. The summed E-state index contributed by atoms with van der Waals surface area (Å²) in [4.78, 5) is 0. The van der Waals surface area contributed by atoms with E-state index >= 15 is 0 Å². The Labute approximate surface area is 244 Å². The van der Waals surface area contributed by atoms with Crippen LogP contribution in [0.3, 0.4) is 0 Å². The normalized spacial score (nSPS) is 16.2. The Hall–Kier alpha value is 1.59. The molecule has 0 aromatic rings. The van der Waals surface area contributed by atoms with Gasteiger partial charge in [-0.2, -0.15) is 0 Å². The standard InChI is InChI=1S/2C10H24NOSi.2C4H11Si.Zr/c2*1-9(2,3)11-13(7,8)12-10(4,5)6;2*1-5(2,3)4;/h2*1-8H3;2*1H2,2-4H3;/q2*-1;;;+2. The molecular weight excluding hydrogens is 600 g/mol. The van der Waals surface area contributed by atoms with E-state index in [1.165, 1.54) is 7.50 Å². The predicted octanol–water partition coefficient (Wildman–Crippen LogP) is 9.80. The molecule has 0 radical (unpaired) electrons. The summed E-state index contributed by atoms with van der Waals surface area (Å²) >= 11 is -3.55. The van der Waals surface area contributed by atoms with Gasteiger partial charge in [0, 0.05) is 0 Å². The first kappa shape index (κ1) is 38.6. The van der Waals surface area contributed by atoms with Crippen molar-refractivity contribution in [2.45, 2.75) is 178 Å². The van der Waals surface area contributed by atoms with E-state index in [9.17, 15) is 0 Å². The Morgan fingerprint density at radius 2 is 0.676 bits per heavy atom. The fourth-order valence-corrected chi connectivity index (χ4v) is 82.5. The quantitative estimate of drug-likeness (QED) is 0.216. The van der Waals surface area contributed by atoms with Crippen molar-refractivity contribution in [2.24, 2.45) is 0 Å². The molecule has 0 rings (SSSR count). The molecule has 0 aliphatic heterocycles. The van der Waals surface area contributed by atoms with Gasteiger partial charge in [-0.25, -0.2) is 0 Å². The third-order valence-electron chi connectivity index (χ3n) is 5.99. The van der Waals surface area contributed by atoms with Gasteiger partial charge < -0.3 is 0 Å². The first-order valence-corrected chi connectivity index (χ1v) is 33.4. The Kier molecular flexibility index (Phi) is 12.2. The molecule has 224 valence electrons. The number of nitrogens with zero attached hydrogens (tertiary/aromatic N) is 2. The molecule has 0 heterocycles. The second-order valence-corrected chi connectivity index (χ2v) is 51.3. The van der Waals surface area contributed by atoms with Gasteiger partial charge in [-0.15, -0.1) is 0 Å². The van der Waals surface area contributed by atoms with Crippen molar-refractivity contribution in [3.63, 3.8) is 0 Å². The van der Waals surface area contributed by atoms with E-state index in [1.54, 1.807) is 0 Å². The van der Waals surface area contributed by atoms with Crippen LogP contribution < -0.4 is 0 Å². The van der Waals surface area contributed by atoms with E-state index in [2.05, 4.69) is 154 Å². The van der Waals surface area contributed by atoms with Gasteiger partial charge in [-0.05, 0) is 0 Å². The molecule has 0 fully saturated rings. The summed E-state index contributed by atoms with van der Waals surface area (Å²) < 4.78 is 23.6. The van der Waals surface area contributed by atoms with Crippen LogP contribution in [0.4, 0.5) is 0 Å². The molecule has 0 aromatic carbocycles. The van der Waals surface area contributed by atoms with Gasteiger partial charge in [0.25, 0.3) is 0 Å². The Bertz CT molecular complexity index is 683. The number of hydrogen-bond acceptors (Lipinski definition) is 4. The van der Waals surface area contributed by atoms with Crippen LogP contribution >= 0.6 is 0 Å². The molecule has 0 aliphatic carbocycles. The average Bonchev–Trinajstić information content (AvgIpc) is 2.30. The van der Waals surface area contributed by atoms with E-state index in [4.69, 9.17) is 8.85 Å². The van der Waals surface area contributed by atoms with Crippen LogP contribution in [0.2, 0.25) is 73.0 Å². The minimum atomic E-state index is -3.55. The van der Waals surface area contributed by atoms with Crippen LogP contribution in [-0.2, 0) is 29.7 Å². The molecular formula is C28H70N2O2Si4Zr. The monoisotopic (exact) mass is 668 g/mol. The molecule has 4 nitrogen and oxygen atoms in total. The Balaban J connectivity index is 8.13. The van der Waals surface area contributed by atoms with Gasteiger partial charge in [0.05, 0.1) is 0 Å². The van der Waals surface area contributed by atoms with Crippen molar-refractivity contribution in [1.82, 2.24) is 5.02 Å². The number of hydrogen-bond donors (Lipinski definition) is 0. The maximum absolute atomic E-state index is 7.22. The van der Waals surface area contributed by atoms with Gasteiger partial charge in [-0.1, -0.05) is 0 Å². The third-order valence-corrected chi connectivity index (χ3v) is 59.2. The zero-order valence-corrected chi connectivity index (χ0v) is 36.1. The summed E-state index contributed by atoms with van der Waals surface area (Å²) in [5, 5.41) is 0. The van der Waals surface area contributed by atoms with Crippen LogP contribution in [0.15, 0.2) is 0 Å².